The molecule has 2 saturated carbocycles. The van der Waals surface area contributed by atoms with Gasteiger partial charge in [-0.25, -0.2) is 0 Å². The van der Waals surface area contributed by atoms with Crippen LogP contribution in [0.1, 0.15) is 46.0 Å². The van der Waals surface area contributed by atoms with Gasteiger partial charge in [-0.15, -0.1) is 0 Å². The van der Waals surface area contributed by atoms with E-state index in [0.29, 0.717) is 5.41 Å². The molecule has 2 fully saturated rings. The van der Waals surface area contributed by atoms with Crippen molar-refractivity contribution in [2.24, 2.45) is 16.7 Å². The van der Waals surface area contributed by atoms with E-state index in [0.717, 1.165) is 18.8 Å². The van der Waals surface area contributed by atoms with Crippen LogP contribution in [0, 0.1) is 16.7 Å². The average molecular weight is 166 g/mol. The standard InChI is InChI=1S/C11H18O/c1-10(2)5-9(6-10)7-11(8-12)3-4-11/h8-9H,3-7H2,1-2H3. The first-order valence-corrected chi connectivity index (χ1v) is 5.02. The van der Waals surface area contributed by atoms with E-state index in [4.69, 9.17) is 0 Å². The van der Waals surface area contributed by atoms with Gasteiger partial charge in [0.15, 0.2) is 0 Å². The first kappa shape index (κ1) is 8.28. The zero-order valence-electron chi connectivity index (χ0n) is 8.10. The molecule has 0 radical (unpaired) electrons. The summed E-state index contributed by atoms with van der Waals surface area (Å²) < 4.78 is 0. The van der Waals surface area contributed by atoms with Gasteiger partial charge in [-0.2, -0.15) is 0 Å². The van der Waals surface area contributed by atoms with Crippen LogP contribution >= 0.6 is 0 Å². The Balaban J connectivity index is 1.80. The first-order valence-electron chi connectivity index (χ1n) is 5.02. The van der Waals surface area contributed by atoms with Gasteiger partial charge in [0.1, 0.15) is 6.29 Å². The third-order valence-corrected chi connectivity index (χ3v) is 3.52. The van der Waals surface area contributed by atoms with E-state index in [2.05, 4.69) is 13.8 Å². The number of rotatable bonds is 3. The van der Waals surface area contributed by atoms with Gasteiger partial charge >= 0.3 is 0 Å². The molecule has 0 atom stereocenters. The minimum absolute atomic E-state index is 0.154. The summed E-state index contributed by atoms with van der Waals surface area (Å²) in [5, 5.41) is 0. The van der Waals surface area contributed by atoms with Crippen molar-refractivity contribution >= 4 is 6.29 Å². The molecule has 12 heavy (non-hydrogen) atoms. The lowest BCUT2D eigenvalue weighted by Crippen LogP contribution is -2.33. The maximum absolute atomic E-state index is 10.7. The molecular formula is C11H18O. The molecule has 0 aromatic heterocycles. The van der Waals surface area contributed by atoms with E-state index in [1.54, 1.807) is 0 Å². The largest absolute Gasteiger partial charge is 0.303 e. The molecule has 0 N–H and O–H groups in total. The van der Waals surface area contributed by atoms with Crippen LogP contribution in [0.4, 0.5) is 0 Å². The maximum atomic E-state index is 10.7. The molecule has 2 aliphatic carbocycles. The number of carbonyl (C=O) groups is 1. The van der Waals surface area contributed by atoms with E-state index >= 15 is 0 Å². The Labute approximate surface area is 74.5 Å². The van der Waals surface area contributed by atoms with E-state index in [1.165, 1.54) is 25.5 Å². The third-order valence-electron chi connectivity index (χ3n) is 3.52. The quantitative estimate of drug-likeness (QED) is 0.589. The fraction of sp³-hybridized carbons (Fsp3) is 0.909. The number of hydrogen-bond acceptors (Lipinski definition) is 1. The number of hydrogen-bond donors (Lipinski definition) is 0. The smallest absolute Gasteiger partial charge is 0.126 e. The lowest BCUT2D eigenvalue weighted by molar-refractivity contribution is -0.113. The third kappa shape index (κ3) is 1.41. The van der Waals surface area contributed by atoms with E-state index < -0.39 is 0 Å². The van der Waals surface area contributed by atoms with Gasteiger partial charge in [0.2, 0.25) is 0 Å². The molecule has 0 aliphatic heterocycles. The summed E-state index contributed by atoms with van der Waals surface area (Å²) in [5.74, 6) is 0.854. The van der Waals surface area contributed by atoms with Crippen molar-refractivity contribution in [3.05, 3.63) is 0 Å². The van der Waals surface area contributed by atoms with Crippen molar-refractivity contribution in [3.8, 4) is 0 Å². The average Bonchev–Trinajstić information content (AvgIpc) is 2.66. The molecule has 0 spiro atoms. The summed E-state index contributed by atoms with van der Waals surface area (Å²) in [7, 11) is 0. The second-order valence-electron chi connectivity index (χ2n) is 5.62. The predicted octanol–water partition coefficient (Wildman–Crippen LogP) is 2.79. The molecule has 0 amide bonds. The zero-order chi connectivity index (χ0) is 8.82. The molecule has 0 aromatic rings. The highest BCUT2D eigenvalue weighted by molar-refractivity contribution is 5.63. The second kappa shape index (κ2) is 2.34. The fourth-order valence-electron chi connectivity index (χ4n) is 2.75. The van der Waals surface area contributed by atoms with Gasteiger partial charge in [-0.3, -0.25) is 0 Å². The Morgan fingerprint density at radius 1 is 1.33 bits per heavy atom. The van der Waals surface area contributed by atoms with Crippen molar-refractivity contribution in [2.45, 2.75) is 46.0 Å². The maximum Gasteiger partial charge on any atom is 0.126 e. The summed E-state index contributed by atoms with van der Waals surface area (Å²) in [6.07, 6.45) is 7.38. The normalized spacial score (nSPS) is 30.8. The van der Waals surface area contributed by atoms with Crippen LogP contribution in [-0.2, 0) is 4.79 Å². The predicted molar refractivity (Wildman–Crippen MR) is 48.9 cm³/mol. The molecule has 0 bridgehead atoms. The highest BCUT2D eigenvalue weighted by Crippen LogP contribution is 2.56. The highest BCUT2D eigenvalue weighted by Gasteiger charge is 2.48. The lowest BCUT2D eigenvalue weighted by Gasteiger charge is -2.43. The molecule has 0 saturated heterocycles. The Hall–Kier alpha value is -0.330. The van der Waals surface area contributed by atoms with Gasteiger partial charge in [-0.05, 0) is 43.4 Å². The van der Waals surface area contributed by atoms with Crippen LogP contribution in [-0.4, -0.2) is 6.29 Å². The molecular weight excluding hydrogens is 148 g/mol. The van der Waals surface area contributed by atoms with Gasteiger partial charge < -0.3 is 4.79 Å². The van der Waals surface area contributed by atoms with Crippen molar-refractivity contribution in [3.63, 3.8) is 0 Å². The molecule has 1 nitrogen and oxygen atoms in total. The monoisotopic (exact) mass is 166 g/mol. The van der Waals surface area contributed by atoms with E-state index in [-0.39, 0.29) is 5.41 Å². The molecule has 1 heteroatoms. The molecule has 0 aromatic carbocycles. The van der Waals surface area contributed by atoms with Crippen LogP contribution in [0.3, 0.4) is 0 Å². The minimum Gasteiger partial charge on any atom is -0.303 e. The SMILES string of the molecule is CC1(C)CC(CC2(C=O)CC2)C1. The van der Waals surface area contributed by atoms with Gasteiger partial charge in [-0.1, -0.05) is 13.8 Å². The van der Waals surface area contributed by atoms with Gasteiger partial charge in [0, 0.05) is 5.41 Å². The fourth-order valence-corrected chi connectivity index (χ4v) is 2.75. The van der Waals surface area contributed by atoms with Crippen molar-refractivity contribution in [2.75, 3.05) is 0 Å². The Morgan fingerprint density at radius 2 is 1.92 bits per heavy atom. The van der Waals surface area contributed by atoms with Crippen LogP contribution in [0.5, 0.6) is 0 Å². The van der Waals surface area contributed by atoms with Gasteiger partial charge in [0.05, 0.1) is 0 Å². The second-order valence-corrected chi connectivity index (χ2v) is 5.62. The van der Waals surface area contributed by atoms with Crippen LogP contribution in [0.15, 0.2) is 0 Å². The summed E-state index contributed by atoms with van der Waals surface area (Å²) >= 11 is 0. The van der Waals surface area contributed by atoms with Crippen LogP contribution in [0.25, 0.3) is 0 Å². The number of carbonyl (C=O) groups excluding carboxylic acids is 1. The molecule has 0 unspecified atom stereocenters. The molecule has 0 heterocycles. The Morgan fingerprint density at radius 3 is 2.25 bits per heavy atom. The van der Waals surface area contributed by atoms with Crippen molar-refractivity contribution in [1.29, 1.82) is 0 Å². The van der Waals surface area contributed by atoms with E-state index in [9.17, 15) is 4.79 Å². The first-order chi connectivity index (χ1) is 5.55. The number of aldehydes is 1. The molecule has 2 aliphatic rings. The summed E-state index contributed by atoms with van der Waals surface area (Å²) in [4.78, 5) is 10.7. The van der Waals surface area contributed by atoms with Crippen molar-refractivity contribution in [1.82, 2.24) is 0 Å². The minimum atomic E-state index is 0.154. The lowest BCUT2D eigenvalue weighted by atomic mass is 9.62. The topological polar surface area (TPSA) is 17.1 Å². The summed E-state index contributed by atoms with van der Waals surface area (Å²) in [5.41, 5.74) is 0.727. The summed E-state index contributed by atoms with van der Waals surface area (Å²) in [6, 6.07) is 0. The van der Waals surface area contributed by atoms with Gasteiger partial charge in [0.25, 0.3) is 0 Å². The van der Waals surface area contributed by atoms with Crippen LogP contribution < -0.4 is 0 Å². The molecule has 68 valence electrons. The van der Waals surface area contributed by atoms with Crippen molar-refractivity contribution < 1.29 is 4.79 Å². The Kier molecular flexibility index (Phi) is 1.61. The van der Waals surface area contributed by atoms with Crippen LogP contribution in [0.2, 0.25) is 0 Å². The highest BCUT2D eigenvalue weighted by atomic mass is 16.1. The Bertz CT molecular complexity index is 193. The molecule has 2 rings (SSSR count). The van der Waals surface area contributed by atoms with E-state index in [1.807, 2.05) is 0 Å². The zero-order valence-corrected chi connectivity index (χ0v) is 8.10. The summed E-state index contributed by atoms with van der Waals surface area (Å²) in [6.45, 7) is 4.65.